The first-order chi connectivity index (χ1) is 31.6. The normalized spacial score (nSPS) is 33.4. The summed E-state index contributed by atoms with van der Waals surface area (Å²) >= 11 is 0. The predicted molar refractivity (Wildman–Crippen MR) is 242 cm³/mol. The maximum atomic E-state index is 17.7. The lowest BCUT2D eigenvalue weighted by atomic mass is 9.44. The average molecular weight is 927 g/mol. The van der Waals surface area contributed by atoms with Crippen molar-refractivity contribution in [2.45, 2.75) is 122 Å². The van der Waals surface area contributed by atoms with Crippen LogP contribution < -0.4 is 21.3 Å². The second-order valence-electron chi connectivity index (χ2n) is 18.9. The Balaban J connectivity index is 0.939. The number of aliphatic hydroxyl groups excluding tert-OH is 2. The van der Waals surface area contributed by atoms with Gasteiger partial charge in [-0.25, -0.2) is 9.38 Å². The molecular weight excluding hydrogens is 868 g/mol. The van der Waals surface area contributed by atoms with Gasteiger partial charge in [-0.3, -0.25) is 38.5 Å². The van der Waals surface area contributed by atoms with Crippen molar-refractivity contribution in [1.29, 1.82) is 0 Å². The van der Waals surface area contributed by atoms with Gasteiger partial charge >= 0.3 is 0 Å². The molecule has 1 saturated heterocycles. The molecule has 7 rings (SSSR count). The van der Waals surface area contributed by atoms with Crippen LogP contribution >= 0.6 is 0 Å². The van der Waals surface area contributed by atoms with Gasteiger partial charge < -0.3 is 41.0 Å². The molecule has 12 atom stereocenters. The summed E-state index contributed by atoms with van der Waals surface area (Å²) in [5.74, 6) is -4.20. The Kier molecular flexibility index (Phi) is 13.6. The molecular formula is C49H59FN6O11. The van der Waals surface area contributed by atoms with Crippen LogP contribution in [0, 0.1) is 22.7 Å². The molecule has 3 saturated carbocycles. The van der Waals surface area contributed by atoms with Crippen LogP contribution in [-0.4, -0.2) is 118 Å². The number of rotatable bonds is 16. The number of alkyl halides is 1. The van der Waals surface area contributed by atoms with Crippen molar-refractivity contribution in [3.05, 3.63) is 89.3 Å². The second kappa shape index (κ2) is 18.6. The number of Topliss-reactive ketones (excluding diaryl/α,β-unsaturated/α-hetero) is 1. The fourth-order valence-electron chi connectivity index (χ4n) is 11.3. The number of hydrogen-bond donors (Lipinski definition) is 6. The molecule has 358 valence electrons. The predicted octanol–water partition coefficient (Wildman–Crippen LogP) is 3.11. The lowest BCUT2D eigenvalue weighted by Crippen LogP contribution is -2.69. The molecule has 18 heteroatoms. The molecule has 17 nitrogen and oxygen atoms in total. The number of carbonyl (C=O) groups is 7. The molecule has 6 aliphatic rings. The molecule has 0 radical (unpaired) electrons. The quantitative estimate of drug-likeness (QED) is 0.0797. The minimum absolute atomic E-state index is 0.119. The molecule has 0 aromatic heterocycles. The van der Waals surface area contributed by atoms with Crippen LogP contribution in [0.25, 0.3) is 0 Å². The molecule has 1 aromatic rings. The largest absolute Gasteiger partial charge is 0.390 e. The van der Waals surface area contributed by atoms with Gasteiger partial charge in [-0.2, -0.15) is 0 Å². The maximum Gasteiger partial charge on any atom is 0.253 e. The number of aliphatic hydroxyl groups is 2. The third-order valence-corrected chi connectivity index (χ3v) is 15.0. The summed E-state index contributed by atoms with van der Waals surface area (Å²) in [4.78, 5) is 92.7. The van der Waals surface area contributed by atoms with Gasteiger partial charge in [0.15, 0.2) is 29.1 Å². The first-order valence-corrected chi connectivity index (χ1v) is 22.6. The number of amides is 5. The van der Waals surface area contributed by atoms with E-state index in [1.807, 2.05) is 13.8 Å². The zero-order valence-corrected chi connectivity index (χ0v) is 38.5. The average Bonchev–Trinajstić information content (AvgIpc) is 3.92. The lowest BCUT2D eigenvalue weighted by Gasteiger charge is -2.62. The maximum absolute atomic E-state index is 17.7. The summed E-state index contributed by atoms with van der Waals surface area (Å²) in [5, 5.41) is 33.2. The lowest BCUT2D eigenvalue weighted by molar-refractivity contribution is -0.227. The van der Waals surface area contributed by atoms with Crippen LogP contribution in [0.5, 0.6) is 0 Å². The fraction of sp³-hybridized carbons (Fsp3) is 0.510. The molecule has 5 amide bonds. The van der Waals surface area contributed by atoms with Crippen molar-refractivity contribution < 1.29 is 57.6 Å². The number of hydrogen-bond acceptors (Lipinski definition) is 13. The third-order valence-electron chi connectivity index (χ3n) is 15.0. The van der Waals surface area contributed by atoms with Gasteiger partial charge in [0.2, 0.25) is 17.7 Å². The first-order valence-electron chi connectivity index (χ1n) is 22.6. The number of ketones is 2. The van der Waals surface area contributed by atoms with E-state index in [-0.39, 0.29) is 37.6 Å². The summed E-state index contributed by atoms with van der Waals surface area (Å²) < 4.78 is 30.8. The Morgan fingerprint density at radius 1 is 0.970 bits per heavy atom. The van der Waals surface area contributed by atoms with E-state index in [1.165, 1.54) is 26.0 Å². The Labute approximate surface area is 388 Å². The molecule has 1 aromatic carbocycles. The van der Waals surface area contributed by atoms with Gasteiger partial charge in [0.25, 0.3) is 11.8 Å². The van der Waals surface area contributed by atoms with Crippen molar-refractivity contribution in [3.8, 4) is 0 Å². The first kappa shape index (κ1) is 49.0. The van der Waals surface area contributed by atoms with Gasteiger partial charge in [0, 0.05) is 53.6 Å². The highest BCUT2D eigenvalue weighted by Gasteiger charge is 2.79. The SMILES string of the molecule is C=N/C(=C\C=C(/C)[C@@H]1O[C@@H]2C[C@H]3[C@@H]4CCC5=CC(=O)C=C[C@]5(C)[C@@]4(F)[C@@H](O)C[C@]3(C)[C@]2(C(=O)CO)O1)N[C@@H](C)c1ccc(NC(=O)[C@H](C)NC(=O)[C@H](C)NC(=O)CCN2C(=O)C=CC2=O)cc1. The molecule has 0 bridgehead atoms. The molecule has 4 fully saturated rings. The number of aliphatic imine (C=N–C) groups is 1. The highest BCUT2D eigenvalue weighted by Crippen LogP contribution is 2.72. The Morgan fingerprint density at radius 2 is 1.64 bits per heavy atom. The molecule has 6 N–H and O–H groups in total. The zero-order valence-electron chi connectivity index (χ0n) is 38.5. The van der Waals surface area contributed by atoms with E-state index in [9.17, 15) is 43.8 Å². The smallest absolute Gasteiger partial charge is 0.253 e. The van der Waals surface area contributed by atoms with Gasteiger partial charge in [0.1, 0.15) is 24.5 Å². The summed E-state index contributed by atoms with van der Waals surface area (Å²) in [7, 11) is 0. The van der Waals surface area contributed by atoms with E-state index in [4.69, 9.17) is 9.47 Å². The number of allylic oxidation sites excluding steroid dienone is 6. The van der Waals surface area contributed by atoms with Crippen LogP contribution in [0.4, 0.5) is 10.1 Å². The fourth-order valence-corrected chi connectivity index (χ4v) is 11.3. The van der Waals surface area contributed by atoms with E-state index in [0.717, 1.165) is 22.6 Å². The van der Waals surface area contributed by atoms with Crippen molar-refractivity contribution >= 4 is 53.5 Å². The third kappa shape index (κ3) is 8.53. The zero-order chi connectivity index (χ0) is 48.8. The number of fused-ring (bicyclic) bond motifs is 7. The number of nitrogens with one attached hydrogen (secondary N) is 4. The highest BCUT2D eigenvalue weighted by atomic mass is 19.1. The number of nitrogens with zero attached hydrogens (tertiary/aromatic N) is 2. The monoisotopic (exact) mass is 926 g/mol. The summed E-state index contributed by atoms with van der Waals surface area (Å²) in [6.07, 6.45) is 7.51. The number of halogens is 1. The minimum Gasteiger partial charge on any atom is -0.390 e. The molecule has 67 heavy (non-hydrogen) atoms. The highest BCUT2D eigenvalue weighted by molar-refractivity contribution is 6.13. The molecule has 0 unspecified atom stereocenters. The van der Waals surface area contributed by atoms with E-state index in [1.54, 1.807) is 56.3 Å². The van der Waals surface area contributed by atoms with E-state index in [0.29, 0.717) is 35.5 Å². The van der Waals surface area contributed by atoms with E-state index in [2.05, 4.69) is 33.0 Å². The number of imide groups is 1. The van der Waals surface area contributed by atoms with Crippen LogP contribution in [0.15, 0.2) is 88.8 Å². The van der Waals surface area contributed by atoms with Crippen molar-refractivity contribution in [3.63, 3.8) is 0 Å². The molecule has 2 heterocycles. The van der Waals surface area contributed by atoms with Gasteiger partial charge in [-0.1, -0.05) is 36.8 Å². The summed E-state index contributed by atoms with van der Waals surface area (Å²) in [5.41, 5.74) is -3.53. The molecule has 0 spiro atoms. The molecule has 2 aliphatic heterocycles. The number of ether oxygens (including phenoxy) is 2. The number of carbonyl (C=O) groups excluding carboxylic acids is 7. The Hall–Kier alpha value is -5.95. The minimum atomic E-state index is -2.11. The Bertz CT molecular complexity index is 2400. The summed E-state index contributed by atoms with van der Waals surface area (Å²) in [6, 6.07) is 4.73. The van der Waals surface area contributed by atoms with Crippen LogP contribution in [-0.2, 0) is 43.0 Å². The topological polar surface area (TPSA) is 242 Å². The van der Waals surface area contributed by atoms with Crippen LogP contribution in [0.1, 0.15) is 85.3 Å². The standard InChI is InChI=1S/C49H59FN6O11/c1-26(45-66-38-23-35-34-14-11-31-22-33(58)18-20-46(31,5)48(34,50)36(59)24-47(35,6)49(38,67-45)37(60)25-57)8-15-39(51-7)52-27(2)30-9-12-32(13-10-30)55-44(65)29(4)54-43(64)28(3)53-40(61)19-21-56-41(62)16-17-42(56)63/h8-10,12-13,15-18,20,22,27-29,34-36,38,45,52,57,59H,7,11,14,19,21,23-25H2,1-6H3,(H,53,61)(H,54,64)(H,55,65)/b26-8+,39-15+/t27-,28-,29-,34-,35-,36-,38+,45+,46-,47-,48-,49+/m0/s1. The van der Waals surface area contributed by atoms with E-state index < -0.39 is 106 Å². The van der Waals surface area contributed by atoms with Crippen molar-refractivity contribution in [2.24, 2.45) is 27.7 Å². The van der Waals surface area contributed by atoms with E-state index >= 15 is 4.39 Å². The number of benzene rings is 1. The number of anilines is 1. The molecule has 4 aliphatic carbocycles. The van der Waals surface area contributed by atoms with Crippen molar-refractivity contribution in [1.82, 2.24) is 20.9 Å². The van der Waals surface area contributed by atoms with Crippen molar-refractivity contribution in [2.75, 3.05) is 18.5 Å². The van der Waals surface area contributed by atoms with Gasteiger partial charge in [-0.15, -0.1) is 0 Å². The van der Waals surface area contributed by atoms with Crippen LogP contribution in [0.2, 0.25) is 0 Å². The second-order valence-corrected chi connectivity index (χ2v) is 18.9. The Morgan fingerprint density at radius 3 is 2.30 bits per heavy atom. The van der Waals surface area contributed by atoms with Gasteiger partial charge in [0.05, 0.1) is 12.2 Å². The van der Waals surface area contributed by atoms with Gasteiger partial charge in [-0.05, 0) is 114 Å². The van der Waals surface area contributed by atoms with Crippen LogP contribution in [0.3, 0.4) is 0 Å². The summed E-state index contributed by atoms with van der Waals surface area (Å²) in [6.45, 7) is 12.9.